The summed E-state index contributed by atoms with van der Waals surface area (Å²) in [6.45, 7) is 9.52. The molecule has 0 heterocycles. The van der Waals surface area contributed by atoms with Crippen LogP contribution in [-0.4, -0.2) is 46.9 Å². The summed E-state index contributed by atoms with van der Waals surface area (Å²) in [5.74, 6) is -1.48. The van der Waals surface area contributed by atoms with Gasteiger partial charge in [-0.2, -0.15) is 0 Å². The lowest BCUT2D eigenvalue weighted by Crippen LogP contribution is -2.52. The smallest absolute Gasteiger partial charge is 0.408 e. The van der Waals surface area contributed by atoms with Crippen molar-refractivity contribution in [2.75, 3.05) is 11.9 Å². The fraction of sp³-hybridized carbons (Fsp3) is 0.444. The van der Waals surface area contributed by atoms with Crippen molar-refractivity contribution in [3.8, 4) is 0 Å². The molecule has 0 bridgehead atoms. The van der Waals surface area contributed by atoms with Crippen molar-refractivity contribution in [1.82, 2.24) is 10.2 Å². The molecular weight excluding hydrogens is 568 g/mol. The van der Waals surface area contributed by atoms with E-state index in [9.17, 15) is 19.2 Å². The van der Waals surface area contributed by atoms with Crippen LogP contribution in [0.2, 0.25) is 0 Å². The number of carbonyl (C=O) groups is 4. The van der Waals surface area contributed by atoms with Crippen molar-refractivity contribution >= 4 is 40.3 Å². The molecule has 0 aromatic heterocycles. The van der Waals surface area contributed by atoms with E-state index in [1.165, 1.54) is 4.90 Å². The first-order valence-corrected chi connectivity index (χ1v) is 15.8. The summed E-state index contributed by atoms with van der Waals surface area (Å²) in [6.07, 6.45) is 3.71. The lowest BCUT2D eigenvalue weighted by molar-refractivity contribution is -0.141. The molecule has 45 heavy (non-hydrogen) atoms. The predicted octanol–water partition coefficient (Wildman–Crippen LogP) is 6.79. The lowest BCUT2D eigenvalue weighted by Gasteiger charge is -2.34. The van der Waals surface area contributed by atoms with Crippen molar-refractivity contribution in [2.24, 2.45) is 5.73 Å². The van der Waals surface area contributed by atoms with Gasteiger partial charge >= 0.3 is 6.09 Å². The number of primary amides is 1. The van der Waals surface area contributed by atoms with E-state index in [1.54, 1.807) is 20.8 Å². The zero-order valence-electron chi connectivity index (χ0n) is 27.2. The number of nitrogens with zero attached hydrogens (tertiary/aromatic N) is 1. The third kappa shape index (κ3) is 11.2. The molecule has 3 aromatic rings. The highest BCUT2D eigenvalue weighted by Crippen LogP contribution is 2.27. The second kappa shape index (κ2) is 16.6. The highest BCUT2D eigenvalue weighted by atomic mass is 16.6. The number of carbonyl (C=O) groups excluding carboxylic acids is 4. The Kier molecular flexibility index (Phi) is 12.9. The monoisotopic (exact) mass is 616 g/mol. The van der Waals surface area contributed by atoms with Crippen molar-refractivity contribution in [3.63, 3.8) is 0 Å². The zero-order chi connectivity index (χ0) is 33.0. The first-order valence-electron chi connectivity index (χ1n) is 15.8. The minimum Gasteiger partial charge on any atom is -0.444 e. The van der Waals surface area contributed by atoms with E-state index in [-0.39, 0.29) is 25.3 Å². The van der Waals surface area contributed by atoms with Gasteiger partial charge in [-0.3, -0.25) is 14.4 Å². The molecule has 0 fully saturated rings. The molecular formula is C36H48N4O5. The van der Waals surface area contributed by atoms with Gasteiger partial charge in [-0.25, -0.2) is 4.79 Å². The number of amides is 4. The first-order chi connectivity index (χ1) is 21.4. The molecule has 0 saturated carbocycles. The van der Waals surface area contributed by atoms with E-state index < -0.39 is 35.6 Å². The molecule has 0 aliphatic rings. The van der Waals surface area contributed by atoms with Crippen LogP contribution in [0, 0.1) is 6.92 Å². The molecule has 4 N–H and O–H groups in total. The SMILES string of the molecule is CCCCCCCN(C(=O)C(CCC(N)=O)NC(=O)OC(C)(C)C)C(C(=O)Nc1ccc2ccccc2c1)c1ccc(C)cc1. The van der Waals surface area contributed by atoms with Crippen LogP contribution in [0.15, 0.2) is 66.7 Å². The number of aryl methyl sites for hydroxylation is 1. The fourth-order valence-corrected chi connectivity index (χ4v) is 5.15. The van der Waals surface area contributed by atoms with E-state index in [0.29, 0.717) is 17.7 Å². The Morgan fingerprint density at radius 1 is 0.889 bits per heavy atom. The molecule has 242 valence electrons. The Bertz CT molecular complexity index is 1450. The highest BCUT2D eigenvalue weighted by Gasteiger charge is 2.36. The first kappa shape index (κ1) is 35.1. The van der Waals surface area contributed by atoms with Gasteiger partial charge < -0.3 is 26.0 Å². The summed E-state index contributed by atoms with van der Waals surface area (Å²) < 4.78 is 5.43. The van der Waals surface area contributed by atoms with E-state index in [1.807, 2.05) is 73.7 Å². The fourth-order valence-electron chi connectivity index (χ4n) is 5.15. The maximum atomic E-state index is 14.4. The Morgan fingerprint density at radius 3 is 2.20 bits per heavy atom. The largest absolute Gasteiger partial charge is 0.444 e. The molecule has 3 rings (SSSR count). The van der Waals surface area contributed by atoms with Gasteiger partial charge in [-0.15, -0.1) is 0 Å². The van der Waals surface area contributed by atoms with Crippen molar-refractivity contribution in [2.45, 2.75) is 97.2 Å². The number of nitrogens with one attached hydrogen (secondary N) is 2. The molecule has 2 unspecified atom stereocenters. The topological polar surface area (TPSA) is 131 Å². The van der Waals surface area contributed by atoms with Gasteiger partial charge in [0.1, 0.15) is 17.7 Å². The minimum absolute atomic E-state index is 0.0351. The Hall–Kier alpha value is -4.40. The van der Waals surface area contributed by atoms with Crippen molar-refractivity contribution in [1.29, 1.82) is 0 Å². The van der Waals surface area contributed by atoms with Crippen LogP contribution in [0.5, 0.6) is 0 Å². The number of nitrogens with two attached hydrogens (primary N) is 1. The van der Waals surface area contributed by atoms with Crippen molar-refractivity contribution in [3.05, 3.63) is 77.9 Å². The molecule has 0 saturated heterocycles. The maximum absolute atomic E-state index is 14.4. The molecule has 0 aliphatic carbocycles. The van der Waals surface area contributed by atoms with Gasteiger partial charge in [0.25, 0.3) is 5.91 Å². The molecule has 2 atom stereocenters. The number of benzene rings is 3. The Labute approximate surface area is 266 Å². The summed E-state index contributed by atoms with van der Waals surface area (Å²) in [5, 5.41) is 7.70. The van der Waals surface area contributed by atoms with Crippen LogP contribution in [-0.2, 0) is 19.1 Å². The third-order valence-electron chi connectivity index (χ3n) is 7.42. The number of anilines is 1. The van der Waals surface area contributed by atoms with Gasteiger partial charge in [0.2, 0.25) is 11.8 Å². The number of rotatable bonds is 15. The second-order valence-electron chi connectivity index (χ2n) is 12.5. The number of unbranched alkanes of at least 4 members (excludes halogenated alkanes) is 4. The molecule has 0 aliphatic heterocycles. The average molecular weight is 617 g/mol. The Morgan fingerprint density at radius 2 is 1.56 bits per heavy atom. The standard InChI is InChI=1S/C36H48N4O5/c1-6-7-8-9-12-23-40(34(43)30(21-22-31(37)41)39-35(44)45-36(3,4)5)32(27-17-15-25(2)16-18-27)33(42)38-29-20-19-26-13-10-11-14-28(26)24-29/h10-11,13-20,24,30,32H,6-9,12,21-23H2,1-5H3,(H2,37,41)(H,38,42)(H,39,44). The van der Waals surface area contributed by atoms with Crippen LogP contribution in [0.1, 0.15) is 89.8 Å². The van der Waals surface area contributed by atoms with E-state index in [4.69, 9.17) is 10.5 Å². The van der Waals surface area contributed by atoms with E-state index in [0.717, 1.165) is 42.0 Å². The normalized spacial score (nSPS) is 12.6. The molecule has 0 radical (unpaired) electrons. The van der Waals surface area contributed by atoms with Gasteiger partial charge in [0, 0.05) is 18.7 Å². The molecule has 9 heteroatoms. The van der Waals surface area contributed by atoms with Crippen LogP contribution >= 0.6 is 0 Å². The number of alkyl carbamates (subject to hydrolysis) is 1. The zero-order valence-corrected chi connectivity index (χ0v) is 27.2. The summed E-state index contributed by atoms with van der Waals surface area (Å²) in [5.41, 5.74) is 6.88. The Balaban J connectivity index is 2.02. The van der Waals surface area contributed by atoms with Crippen molar-refractivity contribution < 1.29 is 23.9 Å². The minimum atomic E-state index is -1.13. The van der Waals surface area contributed by atoms with E-state index >= 15 is 0 Å². The molecule has 9 nitrogen and oxygen atoms in total. The quantitative estimate of drug-likeness (QED) is 0.162. The van der Waals surface area contributed by atoms with Gasteiger partial charge in [0.05, 0.1) is 0 Å². The number of ether oxygens (including phenoxy) is 1. The maximum Gasteiger partial charge on any atom is 0.408 e. The summed E-state index contributed by atoms with van der Waals surface area (Å²) in [4.78, 5) is 54.8. The molecule has 0 spiro atoms. The lowest BCUT2D eigenvalue weighted by atomic mass is 9.99. The average Bonchev–Trinajstić information content (AvgIpc) is 2.98. The van der Waals surface area contributed by atoms with Gasteiger partial charge in [-0.05, 0) is 69.0 Å². The van der Waals surface area contributed by atoms with E-state index in [2.05, 4.69) is 17.6 Å². The van der Waals surface area contributed by atoms with Crippen LogP contribution < -0.4 is 16.4 Å². The van der Waals surface area contributed by atoms with Crippen LogP contribution in [0.4, 0.5) is 10.5 Å². The molecule has 3 aromatic carbocycles. The number of fused-ring (bicyclic) bond motifs is 1. The highest BCUT2D eigenvalue weighted by molar-refractivity contribution is 6.00. The summed E-state index contributed by atoms with van der Waals surface area (Å²) in [6, 6.07) is 18.9. The van der Waals surface area contributed by atoms with Crippen LogP contribution in [0.3, 0.4) is 0 Å². The summed E-state index contributed by atoms with van der Waals surface area (Å²) >= 11 is 0. The molecule has 4 amide bonds. The van der Waals surface area contributed by atoms with Crippen LogP contribution in [0.25, 0.3) is 10.8 Å². The third-order valence-corrected chi connectivity index (χ3v) is 7.42. The van der Waals surface area contributed by atoms with Gasteiger partial charge in [0.15, 0.2) is 0 Å². The summed E-state index contributed by atoms with van der Waals surface area (Å²) in [7, 11) is 0. The predicted molar refractivity (Wildman–Crippen MR) is 179 cm³/mol. The second-order valence-corrected chi connectivity index (χ2v) is 12.5. The number of hydrogen-bond donors (Lipinski definition) is 3. The number of hydrogen-bond acceptors (Lipinski definition) is 5. The van der Waals surface area contributed by atoms with Gasteiger partial charge in [-0.1, -0.05) is 92.8 Å².